The third-order valence-electron chi connectivity index (χ3n) is 6.86. The summed E-state index contributed by atoms with van der Waals surface area (Å²) < 4.78 is 7.28. The molecule has 2 aromatic carbocycles. The number of amides is 2. The number of aromatic nitrogens is 2. The van der Waals surface area contributed by atoms with Crippen LogP contribution < -0.4 is 5.32 Å². The van der Waals surface area contributed by atoms with Gasteiger partial charge in [-0.25, -0.2) is 0 Å². The average Bonchev–Trinajstić information content (AvgIpc) is 3.52. The van der Waals surface area contributed by atoms with Crippen molar-refractivity contribution in [1.82, 2.24) is 20.0 Å². The minimum atomic E-state index is -0.211. The lowest BCUT2D eigenvalue weighted by molar-refractivity contribution is 0.0696. The number of carbonyl (C=O) groups excluding carboxylic acids is 2. The van der Waals surface area contributed by atoms with Gasteiger partial charge in [-0.3, -0.25) is 14.3 Å². The minimum Gasteiger partial charge on any atom is -0.456 e. The number of carbonyl (C=O) groups is 2. The Bertz CT molecular complexity index is 1390. The first-order valence-corrected chi connectivity index (χ1v) is 12.7. The lowest BCUT2D eigenvalue weighted by Gasteiger charge is -2.32. The maximum absolute atomic E-state index is 13.7. The number of rotatable bonds is 6. The number of aryl methyl sites for hydroxylation is 3. The second kappa shape index (κ2) is 10.5. The van der Waals surface area contributed by atoms with E-state index in [4.69, 9.17) is 9.52 Å². The minimum absolute atomic E-state index is 0.00258. The molecule has 1 fully saturated rings. The summed E-state index contributed by atoms with van der Waals surface area (Å²) in [6.07, 6.45) is 3.24. The second-order valence-electron chi connectivity index (χ2n) is 9.89. The van der Waals surface area contributed by atoms with E-state index in [0.29, 0.717) is 55.3 Å². The van der Waals surface area contributed by atoms with Gasteiger partial charge in [0.05, 0.1) is 12.1 Å². The molecular formula is C30H32N4O3. The third kappa shape index (κ3) is 5.66. The number of hydrogen-bond donors (Lipinski definition) is 1. The Hall–Kier alpha value is -4.13. The Labute approximate surface area is 217 Å². The highest BCUT2D eigenvalue weighted by molar-refractivity contribution is 6.00. The van der Waals surface area contributed by atoms with Crippen LogP contribution in [-0.2, 0) is 6.54 Å². The van der Waals surface area contributed by atoms with Crippen LogP contribution in [0.25, 0.3) is 11.3 Å². The Morgan fingerprint density at radius 3 is 2.19 bits per heavy atom. The zero-order valence-corrected chi connectivity index (χ0v) is 21.5. The summed E-state index contributed by atoms with van der Waals surface area (Å²) in [4.78, 5) is 28.0. The molecule has 0 unspecified atom stereocenters. The molecule has 0 bridgehead atoms. The van der Waals surface area contributed by atoms with Crippen molar-refractivity contribution in [2.75, 3.05) is 13.1 Å². The van der Waals surface area contributed by atoms with E-state index in [2.05, 4.69) is 36.5 Å². The molecule has 2 amide bonds. The molecule has 4 aromatic rings. The molecule has 5 rings (SSSR count). The molecular weight excluding hydrogens is 464 g/mol. The van der Waals surface area contributed by atoms with Crippen molar-refractivity contribution < 1.29 is 14.0 Å². The van der Waals surface area contributed by atoms with Crippen LogP contribution in [0.1, 0.15) is 56.2 Å². The third-order valence-corrected chi connectivity index (χ3v) is 6.86. The first-order chi connectivity index (χ1) is 17.9. The number of nitrogens with zero attached hydrogens (tertiary/aromatic N) is 3. The van der Waals surface area contributed by atoms with Crippen LogP contribution in [0.4, 0.5) is 0 Å². The summed E-state index contributed by atoms with van der Waals surface area (Å²) in [6.45, 7) is 7.65. The molecule has 0 saturated carbocycles. The normalized spacial score (nSPS) is 14.1. The lowest BCUT2D eigenvalue weighted by Crippen LogP contribution is -2.46. The second-order valence-corrected chi connectivity index (χ2v) is 9.89. The predicted octanol–water partition coefficient (Wildman–Crippen LogP) is 5.15. The van der Waals surface area contributed by atoms with Gasteiger partial charge >= 0.3 is 0 Å². The molecule has 37 heavy (non-hydrogen) atoms. The zero-order chi connectivity index (χ0) is 25.9. The van der Waals surface area contributed by atoms with E-state index >= 15 is 0 Å². The number of hydrogen-bond acceptors (Lipinski definition) is 4. The van der Waals surface area contributed by atoms with Gasteiger partial charge in [0.25, 0.3) is 11.8 Å². The van der Waals surface area contributed by atoms with Gasteiger partial charge in [-0.15, -0.1) is 0 Å². The van der Waals surface area contributed by atoms with Crippen LogP contribution in [0.2, 0.25) is 0 Å². The summed E-state index contributed by atoms with van der Waals surface area (Å²) in [6, 6.07) is 19.9. The average molecular weight is 497 g/mol. The summed E-state index contributed by atoms with van der Waals surface area (Å²) in [7, 11) is 0. The van der Waals surface area contributed by atoms with Gasteiger partial charge < -0.3 is 14.6 Å². The number of likely N-dealkylation sites (tertiary alicyclic amines) is 1. The largest absolute Gasteiger partial charge is 0.456 e. The molecule has 1 saturated heterocycles. The maximum atomic E-state index is 13.7. The van der Waals surface area contributed by atoms with E-state index in [1.807, 2.05) is 53.9 Å². The van der Waals surface area contributed by atoms with E-state index < -0.39 is 0 Å². The van der Waals surface area contributed by atoms with E-state index in [1.54, 1.807) is 12.1 Å². The molecule has 0 spiro atoms. The van der Waals surface area contributed by atoms with Crippen LogP contribution >= 0.6 is 0 Å². The highest BCUT2D eigenvalue weighted by Crippen LogP contribution is 2.26. The standard InChI is InChI=1S/C30H32N4O3/c1-20-4-9-23(10-5-20)18-34-19-26(28(32-34)24-11-6-21(2)7-12-24)30(36)33-16-14-25(15-17-33)31-29(35)27-13-8-22(3)37-27/h4-13,19,25H,14-18H2,1-3H3,(H,31,35). The molecule has 2 aromatic heterocycles. The van der Waals surface area contributed by atoms with E-state index in [0.717, 1.165) is 16.7 Å². The number of nitrogens with one attached hydrogen (secondary N) is 1. The fourth-order valence-electron chi connectivity index (χ4n) is 4.67. The summed E-state index contributed by atoms with van der Waals surface area (Å²) >= 11 is 0. The SMILES string of the molecule is Cc1ccc(Cn2cc(C(=O)N3CCC(NC(=O)c4ccc(C)o4)CC3)c(-c3ccc(C)cc3)n2)cc1. The van der Waals surface area contributed by atoms with E-state index in [-0.39, 0.29) is 17.9 Å². The number of piperidine rings is 1. The first-order valence-electron chi connectivity index (χ1n) is 12.7. The molecule has 0 atom stereocenters. The molecule has 0 radical (unpaired) electrons. The van der Waals surface area contributed by atoms with Crippen LogP contribution in [0.3, 0.4) is 0 Å². The molecule has 190 valence electrons. The quantitative estimate of drug-likeness (QED) is 0.400. The fraction of sp³-hybridized carbons (Fsp3) is 0.300. The smallest absolute Gasteiger partial charge is 0.287 e. The van der Waals surface area contributed by atoms with Gasteiger partial charge in [0.1, 0.15) is 11.5 Å². The van der Waals surface area contributed by atoms with Crippen molar-refractivity contribution in [3.05, 3.63) is 101 Å². The van der Waals surface area contributed by atoms with Crippen molar-refractivity contribution in [3.8, 4) is 11.3 Å². The molecule has 7 heteroatoms. The topological polar surface area (TPSA) is 80.4 Å². The van der Waals surface area contributed by atoms with Crippen molar-refractivity contribution in [2.45, 2.75) is 46.2 Å². The Balaban J connectivity index is 1.31. The maximum Gasteiger partial charge on any atom is 0.287 e. The van der Waals surface area contributed by atoms with Crippen molar-refractivity contribution >= 4 is 11.8 Å². The van der Waals surface area contributed by atoms with E-state index in [1.165, 1.54) is 5.56 Å². The van der Waals surface area contributed by atoms with Gasteiger partial charge in [0, 0.05) is 30.9 Å². The van der Waals surface area contributed by atoms with Crippen LogP contribution in [-0.4, -0.2) is 45.6 Å². The Morgan fingerprint density at radius 2 is 1.57 bits per heavy atom. The highest BCUT2D eigenvalue weighted by atomic mass is 16.3. The van der Waals surface area contributed by atoms with Crippen LogP contribution in [0, 0.1) is 20.8 Å². The van der Waals surface area contributed by atoms with Crippen LogP contribution in [0.5, 0.6) is 0 Å². The molecule has 1 N–H and O–H groups in total. The van der Waals surface area contributed by atoms with Gasteiger partial charge in [-0.2, -0.15) is 5.10 Å². The van der Waals surface area contributed by atoms with Crippen molar-refractivity contribution in [1.29, 1.82) is 0 Å². The monoisotopic (exact) mass is 496 g/mol. The molecule has 1 aliphatic rings. The van der Waals surface area contributed by atoms with Gasteiger partial charge in [-0.1, -0.05) is 59.7 Å². The summed E-state index contributed by atoms with van der Waals surface area (Å²) in [5.74, 6) is 0.784. The van der Waals surface area contributed by atoms with Gasteiger partial charge in [-0.05, 0) is 51.3 Å². The Kier molecular flexibility index (Phi) is 6.95. The molecule has 0 aliphatic carbocycles. The molecule has 7 nitrogen and oxygen atoms in total. The summed E-state index contributed by atoms with van der Waals surface area (Å²) in [5.41, 5.74) is 5.72. The molecule has 1 aliphatic heterocycles. The predicted molar refractivity (Wildman–Crippen MR) is 143 cm³/mol. The Morgan fingerprint density at radius 1 is 0.919 bits per heavy atom. The van der Waals surface area contributed by atoms with E-state index in [9.17, 15) is 9.59 Å². The van der Waals surface area contributed by atoms with Crippen molar-refractivity contribution in [3.63, 3.8) is 0 Å². The number of furan rings is 1. The van der Waals surface area contributed by atoms with Crippen molar-refractivity contribution in [2.24, 2.45) is 0 Å². The van der Waals surface area contributed by atoms with Gasteiger partial charge in [0.2, 0.25) is 0 Å². The number of benzene rings is 2. The van der Waals surface area contributed by atoms with Crippen LogP contribution in [0.15, 0.2) is 71.3 Å². The first kappa shape index (κ1) is 24.6. The lowest BCUT2D eigenvalue weighted by atomic mass is 10.0. The zero-order valence-electron chi connectivity index (χ0n) is 21.5. The fourth-order valence-corrected chi connectivity index (χ4v) is 4.67. The molecule has 3 heterocycles. The summed E-state index contributed by atoms with van der Waals surface area (Å²) in [5, 5.41) is 7.87. The highest BCUT2D eigenvalue weighted by Gasteiger charge is 2.28. The van der Waals surface area contributed by atoms with Gasteiger partial charge in [0.15, 0.2) is 5.76 Å².